The van der Waals surface area contributed by atoms with E-state index in [2.05, 4.69) is 24.1 Å². The van der Waals surface area contributed by atoms with E-state index in [-0.39, 0.29) is 5.82 Å². The van der Waals surface area contributed by atoms with Gasteiger partial charge < -0.3 is 5.32 Å². The SMILES string of the molecule is CCN(C1CNC1)C(C)c1ccc(F)cc1. The molecule has 1 saturated heterocycles. The Labute approximate surface area is 96.5 Å². The zero-order valence-electron chi connectivity index (χ0n) is 9.91. The second kappa shape index (κ2) is 4.93. The molecule has 0 amide bonds. The molecule has 0 radical (unpaired) electrons. The molecule has 1 unspecified atom stereocenters. The summed E-state index contributed by atoms with van der Waals surface area (Å²) in [7, 11) is 0. The van der Waals surface area contributed by atoms with Crippen LogP contribution >= 0.6 is 0 Å². The summed E-state index contributed by atoms with van der Waals surface area (Å²) in [6, 6.07) is 7.84. The molecule has 88 valence electrons. The Balaban J connectivity index is 2.09. The van der Waals surface area contributed by atoms with Gasteiger partial charge in [-0.15, -0.1) is 0 Å². The summed E-state index contributed by atoms with van der Waals surface area (Å²) in [4.78, 5) is 2.46. The zero-order valence-corrected chi connectivity index (χ0v) is 9.91. The maximum absolute atomic E-state index is 12.8. The highest BCUT2D eigenvalue weighted by molar-refractivity contribution is 5.19. The average Bonchev–Trinajstić information content (AvgIpc) is 2.23. The summed E-state index contributed by atoms with van der Waals surface area (Å²) in [6.45, 7) is 7.54. The maximum Gasteiger partial charge on any atom is 0.123 e. The lowest BCUT2D eigenvalue weighted by atomic mass is 10.0. The summed E-state index contributed by atoms with van der Waals surface area (Å²) in [6.07, 6.45) is 0. The van der Waals surface area contributed by atoms with Gasteiger partial charge in [-0.1, -0.05) is 19.1 Å². The third-order valence-electron chi connectivity index (χ3n) is 3.44. The Bertz CT molecular complexity index is 332. The monoisotopic (exact) mass is 222 g/mol. The van der Waals surface area contributed by atoms with Gasteiger partial charge in [-0.2, -0.15) is 0 Å². The predicted molar refractivity (Wildman–Crippen MR) is 63.9 cm³/mol. The van der Waals surface area contributed by atoms with Crippen molar-refractivity contribution >= 4 is 0 Å². The average molecular weight is 222 g/mol. The number of nitrogens with zero attached hydrogens (tertiary/aromatic N) is 1. The smallest absolute Gasteiger partial charge is 0.123 e. The van der Waals surface area contributed by atoms with Crippen LogP contribution in [0.25, 0.3) is 0 Å². The van der Waals surface area contributed by atoms with Crippen molar-refractivity contribution in [1.82, 2.24) is 10.2 Å². The Morgan fingerprint density at radius 1 is 1.38 bits per heavy atom. The molecule has 2 nitrogen and oxygen atoms in total. The lowest BCUT2D eigenvalue weighted by Gasteiger charge is -2.41. The lowest BCUT2D eigenvalue weighted by Crippen LogP contribution is -2.57. The number of rotatable bonds is 4. The van der Waals surface area contributed by atoms with Crippen molar-refractivity contribution in [3.05, 3.63) is 35.6 Å². The van der Waals surface area contributed by atoms with E-state index >= 15 is 0 Å². The number of halogens is 1. The van der Waals surface area contributed by atoms with Gasteiger partial charge in [-0.3, -0.25) is 4.90 Å². The first kappa shape index (κ1) is 11.6. The molecule has 0 spiro atoms. The van der Waals surface area contributed by atoms with Crippen LogP contribution in [0, 0.1) is 5.82 Å². The van der Waals surface area contributed by atoms with Gasteiger partial charge in [0.05, 0.1) is 0 Å². The van der Waals surface area contributed by atoms with Crippen molar-refractivity contribution in [1.29, 1.82) is 0 Å². The number of hydrogen-bond donors (Lipinski definition) is 1. The second-order valence-corrected chi connectivity index (χ2v) is 4.37. The van der Waals surface area contributed by atoms with E-state index in [1.165, 1.54) is 5.56 Å². The number of hydrogen-bond acceptors (Lipinski definition) is 2. The number of likely N-dealkylation sites (N-methyl/N-ethyl adjacent to an activating group) is 1. The topological polar surface area (TPSA) is 15.3 Å². The quantitative estimate of drug-likeness (QED) is 0.840. The van der Waals surface area contributed by atoms with E-state index in [0.29, 0.717) is 12.1 Å². The minimum absolute atomic E-state index is 0.163. The fourth-order valence-electron chi connectivity index (χ4n) is 2.29. The van der Waals surface area contributed by atoms with Crippen LogP contribution in [0.1, 0.15) is 25.5 Å². The maximum atomic E-state index is 12.8. The molecular weight excluding hydrogens is 203 g/mol. The summed E-state index contributed by atoms with van der Waals surface area (Å²) < 4.78 is 12.8. The Kier molecular flexibility index (Phi) is 3.56. The predicted octanol–water partition coefficient (Wildman–Crippen LogP) is 2.18. The molecule has 1 aromatic rings. The highest BCUT2D eigenvalue weighted by Crippen LogP contribution is 2.23. The largest absolute Gasteiger partial charge is 0.314 e. The summed E-state index contributed by atoms with van der Waals surface area (Å²) in [5.74, 6) is -0.163. The molecular formula is C13H19FN2. The van der Waals surface area contributed by atoms with E-state index in [1.54, 1.807) is 12.1 Å². The fraction of sp³-hybridized carbons (Fsp3) is 0.538. The van der Waals surface area contributed by atoms with Gasteiger partial charge in [-0.25, -0.2) is 4.39 Å². The highest BCUT2D eigenvalue weighted by Gasteiger charge is 2.27. The molecule has 3 heteroatoms. The van der Waals surface area contributed by atoms with Crippen LogP contribution in [0.15, 0.2) is 24.3 Å². The van der Waals surface area contributed by atoms with Crippen LogP contribution in [-0.4, -0.2) is 30.6 Å². The van der Waals surface area contributed by atoms with E-state index in [1.807, 2.05) is 12.1 Å². The van der Waals surface area contributed by atoms with Crippen molar-refractivity contribution in [3.8, 4) is 0 Å². The first-order chi connectivity index (χ1) is 7.72. The van der Waals surface area contributed by atoms with E-state index in [4.69, 9.17) is 0 Å². The van der Waals surface area contributed by atoms with Crippen LogP contribution in [0.4, 0.5) is 4.39 Å². The molecule has 1 heterocycles. The zero-order chi connectivity index (χ0) is 11.5. The van der Waals surface area contributed by atoms with Gasteiger partial charge in [0.15, 0.2) is 0 Å². The Morgan fingerprint density at radius 3 is 2.44 bits per heavy atom. The Morgan fingerprint density at radius 2 is 2.00 bits per heavy atom. The van der Waals surface area contributed by atoms with Crippen LogP contribution in [0.5, 0.6) is 0 Å². The summed E-state index contributed by atoms with van der Waals surface area (Å²) in [5.41, 5.74) is 1.19. The Hall–Kier alpha value is -0.930. The number of benzene rings is 1. The van der Waals surface area contributed by atoms with E-state index < -0.39 is 0 Å². The molecule has 1 aliphatic heterocycles. The van der Waals surface area contributed by atoms with Crippen LogP contribution in [-0.2, 0) is 0 Å². The minimum atomic E-state index is -0.163. The summed E-state index contributed by atoms with van der Waals surface area (Å²) in [5, 5.41) is 3.29. The van der Waals surface area contributed by atoms with Gasteiger partial charge in [0, 0.05) is 25.2 Å². The number of nitrogens with one attached hydrogen (secondary N) is 1. The molecule has 0 aliphatic carbocycles. The molecule has 2 rings (SSSR count). The first-order valence-electron chi connectivity index (χ1n) is 5.94. The molecule has 1 N–H and O–H groups in total. The van der Waals surface area contributed by atoms with Crippen molar-refractivity contribution in [2.24, 2.45) is 0 Å². The molecule has 1 fully saturated rings. The third-order valence-corrected chi connectivity index (χ3v) is 3.44. The lowest BCUT2D eigenvalue weighted by molar-refractivity contribution is 0.110. The van der Waals surface area contributed by atoms with Gasteiger partial charge in [-0.05, 0) is 31.2 Å². The standard InChI is InChI=1S/C13H19FN2/c1-3-16(13-8-15-9-13)10(2)11-4-6-12(14)7-5-11/h4-7,10,13,15H,3,8-9H2,1-2H3. The minimum Gasteiger partial charge on any atom is -0.314 e. The van der Waals surface area contributed by atoms with Crippen molar-refractivity contribution < 1.29 is 4.39 Å². The molecule has 1 atom stereocenters. The fourth-order valence-corrected chi connectivity index (χ4v) is 2.29. The molecule has 0 aromatic heterocycles. The second-order valence-electron chi connectivity index (χ2n) is 4.37. The normalized spacial score (nSPS) is 18.5. The molecule has 1 aliphatic rings. The van der Waals surface area contributed by atoms with E-state index in [9.17, 15) is 4.39 Å². The van der Waals surface area contributed by atoms with Gasteiger partial charge in [0.1, 0.15) is 5.82 Å². The van der Waals surface area contributed by atoms with Gasteiger partial charge in [0.25, 0.3) is 0 Å². The molecule has 0 bridgehead atoms. The van der Waals surface area contributed by atoms with E-state index in [0.717, 1.165) is 19.6 Å². The molecule has 0 saturated carbocycles. The van der Waals surface area contributed by atoms with Gasteiger partial charge >= 0.3 is 0 Å². The van der Waals surface area contributed by atoms with Gasteiger partial charge in [0.2, 0.25) is 0 Å². The van der Waals surface area contributed by atoms with Crippen LogP contribution in [0.2, 0.25) is 0 Å². The third kappa shape index (κ3) is 2.25. The van der Waals surface area contributed by atoms with Crippen molar-refractivity contribution in [3.63, 3.8) is 0 Å². The van der Waals surface area contributed by atoms with Crippen molar-refractivity contribution in [2.75, 3.05) is 19.6 Å². The van der Waals surface area contributed by atoms with Crippen LogP contribution < -0.4 is 5.32 Å². The summed E-state index contributed by atoms with van der Waals surface area (Å²) >= 11 is 0. The van der Waals surface area contributed by atoms with Crippen LogP contribution in [0.3, 0.4) is 0 Å². The van der Waals surface area contributed by atoms with Crippen molar-refractivity contribution in [2.45, 2.75) is 25.9 Å². The highest BCUT2D eigenvalue weighted by atomic mass is 19.1. The first-order valence-corrected chi connectivity index (χ1v) is 5.94. The molecule has 1 aromatic carbocycles. The molecule has 16 heavy (non-hydrogen) atoms.